The largest absolute Gasteiger partial charge is 0.507 e. The molecule has 1 N–H and O–H groups in total. The van der Waals surface area contributed by atoms with Gasteiger partial charge in [0, 0.05) is 19.2 Å². The third-order valence-corrected chi connectivity index (χ3v) is 5.08. The van der Waals surface area contributed by atoms with Crippen LogP contribution in [0.1, 0.15) is 31.0 Å². The van der Waals surface area contributed by atoms with E-state index in [9.17, 15) is 19.1 Å². The van der Waals surface area contributed by atoms with E-state index in [1.165, 1.54) is 36.3 Å². The maximum Gasteiger partial charge on any atom is 0.295 e. The van der Waals surface area contributed by atoms with Crippen molar-refractivity contribution in [3.05, 3.63) is 65.0 Å². The predicted octanol–water partition coefficient (Wildman–Crippen LogP) is 3.69. The summed E-state index contributed by atoms with van der Waals surface area (Å²) in [5.41, 5.74) is 0.720. The van der Waals surface area contributed by atoms with Crippen LogP contribution in [0.15, 0.2) is 48.0 Å². The van der Waals surface area contributed by atoms with Crippen LogP contribution in [0.2, 0.25) is 0 Å². The van der Waals surface area contributed by atoms with Gasteiger partial charge < -0.3 is 24.2 Å². The van der Waals surface area contributed by atoms with Gasteiger partial charge in [0.05, 0.1) is 31.4 Å². The molecule has 32 heavy (non-hydrogen) atoms. The first-order valence-corrected chi connectivity index (χ1v) is 10.4. The second-order valence-electron chi connectivity index (χ2n) is 7.06. The molecule has 0 bridgehead atoms. The molecule has 1 fully saturated rings. The molecule has 3 rings (SSSR count). The zero-order chi connectivity index (χ0) is 23.3. The summed E-state index contributed by atoms with van der Waals surface area (Å²) in [6.07, 6.45) is 0. The first kappa shape index (κ1) is 23.3. The van der Waals surface area contributed by atoms with Gasteiger partial charge in [-0.25, -0.2) is 4.39 Å². The Balaban J connectivity index is 2.17. The molecule has 170 valence electrons. The minimum absolute atomic E-state index is 0.0793. The lowest BCUT2D eigenvalue weighted by molar-refractivity contribution is -0.140. The number of Topliss-reactive ketones (excluding diaryl/α,β-unsaturated/α-hetero) is 1. The van der Waals surface area contributed by atoms with Gasteiger partial charge in [-0.2, -0.15) is 0 Å². The van der Waals surface area contributed by atoms with E-state index in [-0.39, 0.29) is 30.0 Å². The van der Waals surface area contributed by atoms with Gasteiger partial charge in [0.2, 0.25) is 0 Å². The summed E-state index contributed by atoms with van der Waals surface area (Å²) in [5, 5.41) is 11.0. The first-order chi connectivity index (χ1) is 15.4. The zero-order valence-corrected chi connectivity index (χ0v) is 18.3. The van der Waals surface area contributed by atoms with Crippen molar-refractivity contribution in [2.24, 2.45) is 0 Å². The van der Waals surface area contributed by atoms with Crippen molar-refractivity contribution >= 4 is 17.4 Å². The van der Waals surface area contributed by atoms with E-state index in [2.05, 4.69) is 0 Å². The van der Waals surface area contributed by atoms with Gasteiger partial charge in [-0.1, -0.05) is 6.07 Å². The van der Waals surface area contributed by atoms with Crippen molar-refractivity contribution in [2.75, 3.05) is 33.5 Å². The number of hydrogen-bond donors (Lipinski definition) is 1. The number of hydrogen-bond acceptors (Lipinski definition) is 6. The molecule has 0 saturated carbocycles. The lowest BCUT2D eigenvalue weighted by atomic mass is 9.95. The number of methoxy groups -OCH3 is 1. The van der Waals surface area contributed by atoms with Crippen LogP contribution >= 0.6 is 0 Å². The zero-order valence-electron chi connectivity index (χ0n) is 18.3. The normalized spacial score (nSPS) is 17.6. The monoisotopic (exact) mass is 443 g/mol. The van der Waals surface area contributed by atoms with Gasteiger partial charge in [0.25, 0.3) is 11.7 Å². The van der Waals surface area contributed by atoms with Crippen LogP contribution in [0.25, 0.3) is 5.76 Å². The summed E-state index contributed by atoms with van der Waals surface area (Å²) < 4.78 is 29.8. The molecule has 0 radical (unpaired) electrons. The number of ketones is 1. The molecule has 2 aromatic carbocycles. The Hall–Kier alpha value is -3.39. The summed E-state index contributed by atoms with van der Waals surface area (Å²) >= 11 is 0. The van der Waals surface area contributed by atoms with Crippen molar-refractivity contribution in [3.8, 4) is 11.5 Å². The highest BCUT2D eigenvalue weighted by Gasteiger charge is 2.46. The Labute approximate surface area is 186 Å². The van der Waals surface area contributed by atoms with E-state index < -0.39 is 23.5 Å². The molecule has 1 heterocycles. The van der Waals surface area contributed by atoms with Crippen LogP contribution in [0.4, 0.5) is 4.39 Å². The Morgan fingerprint density at radius 2 is 1.69 bits per heavy atom. The molecule has 2 aromatic rings. The van der Waals surface area contributed by atoms with Crippen LogP contribution in [0.5, 0.6) is 11.5 Å². The quantitative estimate of drug-likeness (QED) is 0.362. The van der Waals surface area contributed by atoms with Crippen molar-refractivity contribution in [1.29, 1.82) is 0 Å². The topological polar surface area (TPSA) is 85.3 Å². The number of amides is 1. The molecule has 1 aliphatic rings. The summed E-state index contributed by atoms with van der Waals surface area (Å²) in [5.74, 6) is -1.43. The van der Waals surface area contributed by atoms with E-state index in [1.54, 1.807) is 18.2 Å². The van der Waals surface area contributed by atoms with E-state index in [1.807, 2.05) is 13.8 Å². The third kappa shape index (κ3) is 4.60. The smallest absolute Gasteiger partial charge is 0.295 e. The number of carbonyl (C=O) groups excluding carboxylic acids is 2. The minimum atomic E-state index is -0.870. The number of aliphatic hydroxyl groups excluding tert-OH is 1. The number of aliphatic hydroxyl groups is 1. The van der Waals surface area contributed by atoms with Crippen LogP contribution in [0.3, 0.4) is 0 Å². The SMILES string of the molecule is CCOc1ccc(C2/C(=C(\O)c3ccc(F)cc3)C(=O)C(=O)N2CCOC)cc1OCC. The Bertz CT molecular complexity index is 1020. The summed E-state index contributed by atoms with van der Waals surface area (Å²) in [7, 11) is 1.49. The maximum atomic E-state index is 13.4. The van der Waals surface area contributed by atoms with Gasteiger partial charge in [-0.15, -0.1) is 0 Å². The maximum absolute atomic E-state index is 13.4. The number of benzene rings is 2. The number of likely N-dealkylation sites (tertiary alicyclic amines) is 1. The molecule has 0 spiro atoms. The van der Waals surface area contributed by atoms with Crippen LogP contribution in [-0.4, -0.2) is 55.2 Å². The number of ether oxygens (including phenoxy) is 3. The van der Waals surface area contributed by atoms with Crippen molar-refractivity contribution in [3.63, 3.8) is 0 Å². The molecular formula is C24H26FNO6. The lowest BCUT2D eigenvalue weighted by Gasteiger charge is -2.26. The Morgan fingerprint density at radius 3 is 2.31 bits per heavy atom. The number of rotatable bonds is 9. The van der Waals surface area contributed by atoms with E-state index in [4.69, 9.17) is 14.2 Å². The first-order valence-electron chi connectivity index (χ1n) is 10.4. The number of carbonyl (C=O) groups is 2. The predicted molar refractivity (Wildman–Crippen MR) is 116 cm³/mol. The fraction of sp³-hybridized carbons (Fsp3) is 0.333. The minimum Gasteiger partial charge on any atom is -0.507 e. The molecule has 0 aliphatic carbocycles. The lowest BCUT2D eigenvalue weighted by Crippen LogP contribution is -2.32. The van der Waals surface area contributed by atoms with E-state index >= 15 is 0 Å². The second kappa shape index (κ2) is 10.3. The van der Waals surface area contributed by atoms with Crippen molar-refractivity contribution in [1.82, 2.24) is 4.90 Å². The number of nitrogens with zero attached hydrogens (tertiary/aromatic N) is 1. The fourth-order valence-electron chi connectivity index (χ4n) is 3.65. The van der Waals surface area contributed by atoms with Crippen LogP contribution < -0.4 is 9.47 Å². The second-order valence-corrected chi connectivity index (χ2v) is 7.06. The van der Waals surface area contributed by atoms with Crippen LogP contribution in [-0.2, 0) is 14.3 Å². The standard InChI is InChI=1S/C24H26FNO6/c1-4-31-18-11-8-16(14-19(18)32-5-2)21-20(22(27)15-6-9-17(25)10-7-15)23(28)24(29)26(21)12-13-30-3/h6-11,14,21,27H,4-5,12-13H2,1-3H3/b22-20+. The Morgan fingerprint density at radius 1 is 1.03 bits per heavy atom. The molecule has 1 unspecified atom stereocenters. The molecule has 1 atom stereocenters. The average Bonchev–Trinajstić information content (AvgIpc) is 3.04. The molecule has 7 nitrogen and oxygen atoms in total. The summed E-state index contributed by atoms with van der Waals surface area (Å²) in [6, 6.07) is 9.32. The molecule has 1 saturated heterocycles. The van der Waals surface area contributed by atoms with Crippen molar-refractivity contribution in [2.45, 2.75) is 19.9 Å². The Kier molecular flexibility index (Phi) is 7.48. The van der Waals surface area contributed by atoms with Gasteiger partial charge in [0.15, 0.2) is 11.5 Å². The molecule has 8 heteroatoms. The van der Waals surface area contributed by atoms with Gasteiger partial charge in [-0.3, -0.25) is 9.59 Å². The molecule has 0 aromatic heterocycles. The van der Waals surface area contributed by atoms with Gasteiger partial charge >= 0.3 is 0 Å². The highest BCUT2D eigenvalue weighted by molar-refractivity contribution is 6.46. The fourth-order valence-corrected chi connectivity index (χ4v) is 3.65. The van der Waals surface area contributed by atoms with E-state index in [0.717, 1.165) is 0 Å². The number of halogens is 1. The van der Waals surface area contributed by atoms with Crippen molar-refractivity contribution < 1.29 is 33.3 Å². The van der Waals surface area contributed by atoms with Gasteiger partial charge in [0.1, 0.15) is 11.6 Å². The highest BCUT2D eigenvalue weighted by Crippen LogP contribution is 2.42. The molecule has 1 amide bonds. The van der Waals surface area contributed by atoms with Crippen LogP contribution in [0, 0.1) is 5.82 Å². The van der Waals surface area contributed by atoms with Gasteiger partial charge in [-0.05, 0) is 55.8 Å². The van der Waals surface area contributed by atoms with E-state index in [0.29, 0.717) is 30.3 Å². The highest BCUT2D eigenvalue weighted by atomic mass is 19.1. The third-order valence-electron chi connectivity index (χ3n) is 5.08. The molecule has 1 aliphatic heterocycles. The average molecular weight is 443 g/mol. The molecular weight excluding hydrogens is 417 g/mol. The summed E-state index contributed by atoms with van der Waals surface area (Å²) in [4.78, 5) is 27.1. The summed E-state index contributed by atoms with van der Waals surface area (Å²) in [6.45, 7) is 4.87.